The Labute approximate surface area is 127 Å². The normalized spacial score (nSPS) is 17.9. The van der Waals surface area contributed by atoms with Gasteiger partial charge >= 0.3 is 0 Å². The summed E-state index contributed by atoms with van der Waals surface area (Å²) in [6.07, 6.45) is 0. The Morgan fingerprint density at radius 2 is 2.10 bits per heavy atom. The third-order valence-electron chi connectivity index (χ3n) is 3.78. The molecule has 4 nitrogen and oxygen atoms in total. The number of hydrogen-bond donors (Lipinski definition) is 1. The molecule has 1 unspecified atom stereocenters. The summed E-state index contributed by atoms with van der Waals surface area (Å²) in [4.78, 5) is 27.3. The molecule has 5 heteroatoms. The van der Waals surface area contributed by atoms with Crippen molar-refractivity contribution in [2.45, 2.75) is 26.4 Å². The molecule has 1 atom stereocenters. The highest BCUT2D eigenvalue weighted by Crippen LogP contribution is 2.26. The molecule has 0 bridgehead atoms. The van der Waals surface area contributed by atoms with Gasteiger partial charge in [0.2, 0.25) is 5.91 Å². The highest BCUT2D eigenvalue weighted by Gasteiger charge is 2.31. The molecule has 2 aromatic rings. The fourth-order valence-corrected chi connectivity index (χ4v) is 3.33. The van der Waals surface area contributed by atoms with Gasteiger partial charge in [0.25, 0.3) is 5.91 Å². The highest BCUT2D eigenvalue weighted by atomic mass is 32.1. The van der Waals surface area contributed by atoms with Gasteiger partial charge in [-0.05, 0) is 42.5 Å². The summed E-state index contributed by atoms with van der Waals surface area (Å²) in [6, 6.07) is 9.03. The zero-order valence-electron chi connectivity index (χ0n) is 11.9. The summed E-state index contributed by atoms with van der Waals surface area (Å²) < 4.78 is 0. The first-order valence-corrected chi connectivity index (χ1v) is 7.69. The molecule has 0 radical (unpaired) electrons. The van der Waals surface area contributed by atoms with Crippen LogP contribution in [0.3, 0.4) is 0 Å². The molecule has 21 heavy (non-hydrogen) atoms. The molecule has 1 N–H and O–H groups in total. The van der Waals surface area contributed by atoms with E-state index in [1.165, 1.54) is 11.3 Å². The van der Waals surface area contributed by atoms with E-state index in [9.17, 15) is 9.59 Å². The summed E-state index contributed by atoms with van der Waals surface area (Å²) in [6.45, 7) is 4.12. The molecule has 2 amide bonds. The Morgan fingerprint density at radius 1 is 1.33 bits per heavy atom. The maximum atomic E-state index is 12.8. The molecule has 1 aromatic heterocycles. The van der Waals surface area contributed by atoms with Crippen LogP contribution in [0.25, 0.3) is 0 Å². The Kier molecular flexibility index (Phi) is 3.51. The fraction of sp³-hybridized carbons (Fsp3) is 0.250. The topological polar surface area (TPSA) is 49.4 Å². The van der Waals surface area contributed by atoms with E-state index in [0.29, 0.717) is 11.4 Å². The molecule has 1 aromatic carbocycles. The Balaban J connectivity index is 2.00. The number of thiophene rings is 1. The number of aryl methyl sites for hydroxylation is 1. The minimum absolute atomic E-state index is 0.0816. The molecular weight excluding hydrogens is 284 g/mol. The minimum atomic E-state index is -0.494. The van der Waals surface area contributed by atoms with Crippen LogP contribution in [0.1, 0.15) is 27.7 Å². The average Bonchev–Trinajstić information content (AvgIpc) is 2.85. The lowest BCUT2D eigenvalue weighted by Gasteiger charge is -2.25. The summed E-state index contributed by atoms with van der Waals surface area (Å²) in [5, 5.41) is 4.79. The van der Waals surface area contributed by atoms with Crippen LogP contribution in [-0.2, 0) is 11.3 Å². The summed E-state index contributed by atoms with van der Waals surface area (Å²) in [5.41, 5.74) is 2.69. The van der Waals surface area contributed by atoms with Gasteiger partial charge in [0, 0.05) is 12.2 Å². The molecule has 0 spiro atoms. The number of carbonyl (C=O) groups excluding carboxylic acids is 2. The molecule has 0 saturated carbocycles. The van der Waals surface area contributed by atoms with Crippen LogP contribution in [-0.4, -0.2) is 22.8 Å². The molecule has 0 aliphatic carbocycles. The number of nitrogens with zero attached hydrogens (tertiary/aromatic N) is 1. The maximum absolute atomic E-state index is 12.8. The first kappa shape index (κ1) is 13.8. The van der Waals surface area contributed by atoms with Crippen LogP contribution in [0.5, 0.6) is 0 Å². The van der Waals surface area contributed by atoms with Crippen molar-refractivity contribution in [1.29, 1.82) is 0 Å². The molecule has 0 saturated heterocycles. The summed E-state index contributed by atoms with van der Waals surface area (Å²) in [7, 11) is 0. The molecule has 2 heterocycles. The molecular formula is C16H16N2O2S. The average molecular weight is 300 g/mol. The van der Waals surface area contributed by atoms with Gasteiger partial charge in [-0.1, -0.05) is 18.2 Å². The Bertz CT molecular complexity index is 708. The zero-order chi connectivity index (χ0) is 15.0. The number of hydrogen-bond acceptors (Lipinski definition) is 3. The van der Waals surface area contributed by atoms with Crippen molar-refractivity contribution in [1.82, 2.24) is 4.90 Å². The molecule has 1 aliphatic heterocycles. The quantitative estimate of drug-likeness (QED) is 0.880. The number of benzene rings is 1. The first-order chi connectivity index (χ1) is 10.1. The second kappa shape index (κ2) is 5.33. The van der Waals surface area contributed by atoms with Crippen molar-refractivity contribution in [2.24, 2.45) is 0 Å². The van der Waals surface area contributed by atoms with Crippen LogP contribution >= 0.6 is 11.3 Å². The second-order valence-corrected chi connectivity index (χ2v) is 6.10. The van der Waals surface area contributed by atoms with E-state index >= 15 is 0 Å². The number of nitrogens with one attached hydrogen (secondary N) is 1. The standard InChI is InChI=1S/C16H16N2O2S/c1-10-7-8-21-14(10)16(20)18-9-12-5-3-4-6-13(12)17-15(19)11(18)2/h3-8,11H,9H2,1-2H3,(H,17,19). The van der Waals surface area contributed by atoms with Gasteiger partial charge in [0.1, 0.15) is 6.04 Å². The van der Waals surface area contributed by atoms with Crippen molar-refractivity contribution >= 4 is 28.8 Å². The predicted octanol–water partition coefficient (Wildman–Crippen LogP) is 3.04. The van der Waals surface area contributed by atoms with Crippen LogP contribution in [0, 0.1) is 6.92 Å². The molecule has 108 valence electrons. The fourth-order valence-electron chi connectivity index (χ4n) is 2.45. The summed E-state index contributed by atoms with van der Waals surface area (Å²) in [5.74, 6) is -0.232. The van der Waals surface area contributed by atoms with Crippen LogP contribution in [0.15, 0.2) is 35.7 Å². The smallest absolute Gasteiger partial charge is 0.265 e. The molecule has 0 fully saturated rings. The van der Waals surface area contributed by atoms with E-state index in [2.05, 4.69) is 5.32 Å². The first-order valence-electron chi connectivity index (χ1n) is 6.82. The highest BCUT2D eigenvalue weighted by molar-refractivity contribution is 7.12. The SMILES string of the molecule is Cc1ccsc1C(=O)N1Cc2ccccc2NC(=O)C1C. The van der Waals surface area contributed by atoms with Crippen molar-refractivity contribution in [2.75, 3.05) is 5.32 Å². The number of rotatable bonds is 1. The third kappa shape index (κ3) is 2.45. The van der Waals surface area contributed by atoms with Crippen LogP contribution < -0.4 is 5.32 Å². The van der Waals surface area contributed by atoms with E-state index in [1.807, 2.05) is 42.6 Å². The van der Waals surface area contributed by atoms with Gasteiger partial charge in [0.15, 0.2) is 0 Å². The lowest BCUT2D eigenvalue weighted by molar-refractivity contribution is -0.119. The van der Waals surface area contributed by atoms with Gasteiger partial charge in [-0.2, -0.15) is 0 Å². The number of carbonyl (C=O) groups is 2. The van der Waals surface area contributed by atoms with E-state index in [-0.39, 0.29) is 11.8 Å². The van der Waals surface area contributed by atoms with Crippen molar-refractivity contribution in [3.05, 3.63) is 51.7 Å². The molecule has 3 rings (SSSR count). The zero-order valence-corrected chi connectivity index (χ0v) is 12.7. The van der Waals surface area contributed by atoms with Gasteiger partial charge in [-0.25, -0.2) is 0 Å². The van der Waals surface area contributed by atoms with Gasteiger partial charge in [0.05, 0.1) is 4.88 Å². The largest absolute Gasteiger partial charge is 0.324 e. The number of amides is 2. The molecule has 1 aliphatic rings. The van der Waals surface area contributed by atoms with Crippen molar-refractivity contribution in [3.63, 3.8) is 0 Å². The van der Waals surface area contributed by atoms with Crippen LogP contribution in [0.4, 0.5) is 5.69 Å². The van der Waals surface area contributed by atoms with Gasteiger partial charge in [-0.15, -0.1) is 11.3 Å². The lowest BCUT2D eigenvalue weighted by Crippen LogP contribution is -2.43. The second-order valence-electron chi connectivity index (χ2n) is 5.19. The van der Waals surface area contributed by atoms with Gasteiger partial charge in [-0.3, -0.25) is 9.59 Å². The lowest BCUT2D eigenvalue weighted by atomic mass is 10.1. The number of anilines is 1. The van der Waals surface area contributed by atoms with E-state index in [0.717, 1.165) is 16.8 Å². The monoisotopic (exact) mass is 300 g/mol. The van der Waals surface area contributed by atoms with E-state index < -0.39 is 6.04 Å². The third-order valence-corrected chi connectivity index (χ3v) is 4.78. The van der Waals surface area contributed by atoms with Gasteiger partial charge < -0.3 is 10.2 Å². The van der Waals surface area contributed by atoms with E-state index in [4.69, 9.17) is 0 Å². The van der Waals surface area contributed by atoms with Crippen LogP contribution in [0.2, 0.25) is 0 Å². The van der Waals surface area contributed by atoms with E-state index in [1.54, 1.807) is 11.8 Å². The minimum Gasteiger partial charge on any atom is -0.324 e. The number of para-hydroxylation sites is 1. The summed E-state index contributed by atoms with van der Waals surface area (Å²) >= 11 is 1.42. The maximum Gasteiger partial charge on any atom is 0.265 e. The Hall–Kier alpha value is -2.14. The Morgan fingerprint density at radius 3 is 2.81 bits per heavy atom. The van der Waals surface area contributed by atoms with Crippen molar-refractivity contribution < 1.29 is 9.59 Å². The number of fused-ring (bicyclic) bond motifs is 1. The predicted molar refractivity (Wildman–Crippen MR) is 83.5 cm³/mol. The van der Waals surface area contributed by atoms with Crippen molar-refractivity contribution in [3.8, 4) is 0 Å².